The number of hydrogen-bond donors (Lipinski definition) is 2. The minimum atomic E-state index is -3.81. The largest absolute Gasteiger partial charge is 0.398 e. The van der Waals surface area contributed by atoms with E-state index in [-0.39, 0.29) is 20.1 Å². The van der Waals surface area contributed by atoms with Crippen LogP contribution in [0.15, 0.2) is 21.5 Å². The van der Waals surface area contributed by atoms with Gasteiger partial charge in [-0.25, -0.2) is 13.4 Å². The van der Waals surface area contributed by atoms with E-state index in [1.807, 2.05) is 13.8 Å². The molecule has 2 aromatic rings. The van der Waals surface area contributed by atoms with Crippen molar-refractivity contribution in [3.63, 3.8) is 0 Å². The number of thiazole rings is 1. The van der Waals surface area contributed by atoms with Gasteiger partial charge in [-0.2, -0.15) is 0 Å². The zero-order chi connectivity index (χ0) is 15.1. The Balaban J connectivity index is 2.45. The summed E-state index contributed by atoms with van der Waals surface area (Å²) in [4.78, 5) is 5.08. The van der Waals surface area contributed by atoms with Gasteiger partial charge in [0.2, 0.25) is 0 Å². The number of aryl methyl sites for hydroxylation is 2. The zero-order valence-electron chi connectivity index (χ0n) is 10.6. The predicted molar refractivity (Wildman–Crippen MR) is 86.0 cm³/mol. The molecule has 20 heavy (non-hydrogen) atoms. The van der Waals surface area contributed by atoms with Crippen LogP contribution < -0.4 is 10.5 Å². The highest BCUT2D eigenvalue weighted by atomic mass is 79.9. The average molecular weight is 397 g/mol. The highest BCUT2D eigenvalue weighted by Gasteiger charge is 2.22. The normalized spacial score (nSPS) is 11.6. The molecule has 0 spiro atoms. The summed E-state index contributed by atoms with van der Waals surface area (Å²) in [6.07, 6.45) is 0. The van der Waals surface area contributed by atoms with Crippen LogP contribution in [0.25, 0.3) is 0 Å². The molecule has 0 radical (unpaired) electrons. The van der Waals surface area contributed by atoms with E-state index in [1.54, 1.807) is 0 Å². The van der Waals surface area contributed by atoms with E-state index >= 15 is 0 Å². The predicted octanol–water partition coefficient (Wildman–Crippen LogP) is 3.56. The fourth-order valence-electron chi connectivity index (χ4n) is 1.47. The second kappa shape index (κ2) is 5.51. The van der Waals surface area contributed by atoms with E-state index in [4.69, 9.17) is 17.3 Å². The summed E-state index contributed by atoms with van der Waals surface area (Å²) in [5.41, 5.74) is 6.75. The van der Waals surface area contributed by atoms with Crippen LogP contribution in [0.1, 0.15) is 10.6 Å². The first-order chi connectivity index (χ1) is 9.20. The third-order valence-corrected chi connectivity index (χ3v) is 6.42. The molecule has 0 fully saturated rings. The second-order valence-electron chi connectivity index (χ2n) is 4.07. The van der Waals surface area contributed by atoms with Gasteiger partial charge in [-0.15, -0.1) is 11.3 Å². The topological polar surface area (TPSA) is 85.1 Å². The van der Waals surface area contributed by atoms with Crippen LogP contribution in [0.3, 0.4) is 0 Å². The lowest BCUT2D eigenvalue weighted by Gasteiger charge is -2.09. The Morgan fingerprint density at radius 2 is 2.05 bits per heavy atom. The number of halogens is 2. The van der Waals surface area contributed by atoms with Crippen LogP contribution in [0.5, 0.6) is 0 Å². The summed E-state index contributed by atoms with van der Waals surface area (Å²) in [7, 11) is -3.81. The van der Waals surface area contributed by atoms with E-state index < -0.39 is 10.0 Å². The molecule has 1 aromatic heterocycles. The molecule has 1 heterocycles. The maximum Gasteiger partial charge on any atom is 0.264 e. The van der Waals surface area contributed by atoms with Gasteiger partial charge in [-0.05, 0) is 41.9 Å². The van der Waals surface area contributed by atoms with Crippen molar-refractivity contribution >= 4 is 59.7 Å². The van der Waals surface area contributed by atoms with Crippen LogP contribution >= 0.6 is 38.9 Å². The Hall–Kier alpha value is -0.830. The van der Waals surface area contributed by atoms with Gasteiger partial charge in [0.1, 0.15) is 4.90 Å². The first-order valence-corrected chi connectivity index (χ1v) is 8.89. The van der Waals surface area contributed by atoms with Gasteiger partial charge in [-0.1, -0.05) is 11.6 Å². The van der Waals surface area contributed by atoms with Crippen molar-refractivity contribution in [2.24, 2.45) is 0 Å². The molecule has 0 unspecified atom stereocenters. The molecular formula is C11H11BrClN3O2S2. The number of benzene rings is 1. The molecule has 0 saturated carbocycles. The van der Waals surface area contributed by atoms with E-state index in [0.717, 1.165) is 10.6 Å². The lowest BCUT2D eigenvalue weighted by molar-refractivity contribution is 0.601. The van der Waals surface area contributed by atoms with Crippen molar-refractivity contribution < 1.29 is 8.42 Å². The number of anilines is 2. The molecule has 0 bridgehead atoms. The van der Waals surface area contributed by atoms with Crippen LogP contribution in [0.2, 0.25) is 5.02 Å². The number of aromatic nitrogens is 1. The number of nitrogens with two attached hydrogens (primary N) is 1. The Morgan fingerprint density at radius 3 is 2.60 bits per heavy atom. The number of nitrogens with one attached hydrogen (secondary N) is 1. The molecule has 0 atom stereocenters. The summed E-state index contributed by atoms with van der Waals surface area (Å²) < 4.78 is 27.4. The van der Waals surface area contributed by atoms with Crippen LogP contribution in [-0.4, -0.2) is 13.4 Å². The van der Waals surface area contributed by atoms with Crippen molar-refractivity contribution in [1.29, 1.82) is 0 Å². The number of nitrogens with zero attached hydrogens (tertiary/aromatic N) is 1. The molecule has 1 aromatic carbocycles. The molecule has 0 aliphatic carbocycles. The summed E-state index contributed by atoms with van der Waals surface area (Å²) in [5, 5.41) is 0.558. The molecule has 2 rings (SSSR count). The Bertz CT molecular complexity index is 755. The molecule has 108 valence electrons. The fraction of sp³-hybridized carbons (Fsp3) is 0.182. The molecule has 0 aliphatic heterocycles. The third kappa shape index (κ3) is 3.08. The van der Waals surface area contributed by atoms with Crippen LogP contribution in [0.4, 0.5) is 10.8 Å². The van der Waals surface area contributed by atoms with Crippen LogP contribution in [-0.2, 0) is 10.0 Å². The molecule has 0 amide bonds. The summed E-state index contributed by atoms with van der Waals surface area (Å²) >= 11 is 10.3. The van der Waals surface area contributed by atoms with Gasteiger partial charge in [-0.3, -0.25) is 4.72 Å². The minimum absolute atomic E-state index is 0.0204. The lowest BCUT2D eigenvalue weighted by Crippen LogP contribution is -2.14. The second-order valence-corrected chi connectivity index (χ2v) is 8.16. The SMILES string of the molecule is Cc1nc(NS(=O)(=O)c2cc(Cl)cc(N)c2Br)sc1C. The number of nitrogen functional groups attached to an aromatic ring is 1. The van der Waals surface area contributed by atoms with Gasteiger partial charge in [0.25, 0.3) is 10.0 Å². The highest BCUT2D eigenvalue weighted by molar-refractivity contribution is 9.10. The molecule has 0 saturated heterocycles. The standard InChI is InChI=1S/C11H11BrClN3O2S2/c1-5-6(2)19-11(15-5)16-20(17,18)9-4-7(13)3-8(14)10(9)12/h3-4H,14H2,1-2H3,(H,15,16). The maximum absolute atomic E-state index is 12.4. The summed E-state index contributed by atoms with van der Waals surface area (Å²) in [5.74, 6) is 0. The Morgan fingerprint density at radius 1 is 1.40 bits per heavy atom. The Kier molecular flexibility index (Phi) is 4.29. The van der Waals surface area contributed by atoms with Gasteiger partial charge in [0, 0.05) is 15.6 Å². The van der Waals surface area contributed by atoms with E-state index in [9.17, 15) is 8.42 Å². The Labute approximate surface area is 134 Å². The molecule has 3 N–H and O–H groups in total. The lowest BCUT2D eigenvalue weighted by atomic mass is 10.3. The van der Waals surface area contributed by atoms with Crippen molar-refractivity contribution in [2.45, 2.75) is 18.7 Å². The van der Waals surface area contributed by atoms with Crippen molar-refractivity contribution in [3.05, 3.63) is 32.2 Å². The quantitative estimate of drug-likeness (QED) is 0.777. The number of sulfonamides is 1. The number of rotatable bonds is 3. The van der Waals surface area contributed by atoms with Gasteiger partial charge in [0.15, 0.2) is 5.13 Å². The van der Waals surface area contributed by atoms with Gasteiger partial charge >= 0.3 is 0 Å². The van der Waals surface area contributed by atoms with Gasteiger partial charge in [0.05, 0.1) is 10.2 Å². The first kappa shape index (κ1) is 15.6. The highest BCUT2D eigenvalue weighted by Crippen LogP contribution is 2.33. The summed E-state index contributed by atoms with van der Waals surface area (Å²) in [6.45, 7) is 3.69. The molecular weight excluding hydrogens is 386 g/mol. The number of hydrogen-bond acceptors (Lipinski definition) is 5. The fourth-order valence-corrected chi connectivity index (χ4v) is 4.81. The smallest absolute Gasteiger partial charge is 0.264 e. The minimum Gasteiger partial charge on any atom is -0.398 e. The monoisotopic (exact) mass is 395 g/mol. The summed E-state index contributed by atoms with van der Waals surface area (Å²) in [6, 6.07) is 2.81. The first-order valence-electron chi connectivity index (χ1n) is 5.42. The zero-order valence-corrected chi connectivity index (χ0v) is 14.5. The average Bonchev–Trinajstić information content (AvgIpc) is 2.61. The van der Waals surface area contributed by atoms with Crippen molar-refractivity contribution in [1.82, 2.24) is 4.98 Å². The van der Waals surface area contributed by atoms with Crippen LogP contribution in [0, 0.1) is 13.8 Å². The van der Waals surface area contributed by atoms with Gasteiger partial charge < -0.3 is 5.73 Å². The molecule has 5 nitrogen and oxygen atoms in total. The van der Waals surface area contributed by atoms with E-state index in [0.29, 0.717) is 5.13 Å². The van der Waals surface area contributed by atoms with Crippen molar-refractivity contribution in [2.75, 3.05) is 10.5 Å². The molecule has 9 heteroatoms. The van der Waals surface area contributed by atoms with E-state index in [2.05, 4.69) is 25.6 Å². The maximum atomic E-state index is 12.4. The third-order valence-electron chi connectivity index (χ3n) is 2.57. The molecule has 0 aliphatic rings. The van der Waals surface area contributed by atoms with E-state index in [1.165, 1.54) is 23.5 Å². The van der Waals surface area contributed by atoms with Crippen molar-refractivity contribution in [3.8, 4) is 0 Å².